The molecule has 7 nitrogen and oxygen atoms in total. The van der Waals surface area contributed by atoms with Crippen LogP contribution in [0, 0.1) is 0 Å². The Hall–Kier alpha value is -3.61. The predicted octanol–water partition coefficient (Wildman–Crippen LogP) is 1.62. The fourth-order valence-corrected chi connectivity index (χ4v) is 2.09. The number of rotatable bonds is 4. The van der Waals surface area contributed by atoms with Crippen LogP contribution in [-0.2, 0) is 9.53 Å². The largest absolute Gasteiger partial charge is 0.465 e. The predicted molar refractivity (Wildman–Crippen MR) is 99.9 cm³/mol. The summed E-state index contributed by atoms with van der Waals surface area (Å²) in [7, 11) is 1.35. The summed E-state index contributed by atoms with van der Waals surface area (Å²) in [4.78, 5) is 19.8. The highest BCUT2D eigenvalue weighted by Crippen LogP contribution is 2.21. The molecule has 2 aromatic rings. The number of methoxy groups -OCH3 is 1. The summed E-state index contributed by atoms with van der Waals surface area (Å²) in [6, 6.07) is 16.4. The lowest BCUT2D eigenvalue weighted by Gasteiger charge is -2.06. The molecule has 128 valence electrons. The molecule has 0 spiro atoms. The van der Waals surface area contributed by atoms with Crippen molar-refractivity contribution in [3.8, 4) is 0 Å². The number of carbonyl (C=O) groups is 1. The molecule has 0 amide bonds. The van der Waals surface area contributed by atoms with Gasteiger partial charge >= 0.3 is 5.97 Å². The first-order chi connectivity index (χ1) is 12.0. The number of nitrogens with two attached hydrogens (primary N) is 3. The van der Waals surface area contributed by atoms with Crippen molar-refractivity contribution >= 4 is 35.2 Å². The van der Waals surface area contributed by atoms with Crippen LogP contribution < -0.4 is 17.2 Å². The van der Waals surface area contributed by atoms with Crippen LogP contribution in [-0.4, -0.2) is 25.0 Å². The highest BCUT2D eigenvalue weighted by atomic mass is 16.5. The molecule has 0 aliphatic heterocycles. The van der Waals surface area contributed by atoms with Crippen molar-refractivity contribution in [2.75, 3.05) is 7.11 Å². The lowest BCUT2D eigenvalue weighted by molar-refractivity contribution is -0.133. The molecule has 2 aromatic carbocycles. The van der Waals surface area contributed by atoms with E-state index in [2.05, 4.69) is 9.98 Å². The number of benzene rings is 2. The van der Waals surface area contributed by atoms with E-state index in [1.165, 1.54) is 7.11 Å². The van der Waals surface area contributed by atoms with Gasteiger partial charge in [-0.2, -0.15) is 4.99 Å². The minimum atomic E-state index is -0.412. The second kappa shape index (κ2) is 8.30. The van der Waals surface area contributed by atoms with Crippen LogP contribution in [0.3, 0.4) is 0 Å². The van der Waals surface area contributed by atoms with E-state index in [-0.39, 0.29) is 11.9 Å². The van der Waals surface area contributed by atoms with Crippen molar-refractivity contribution in [2.45, 2.75) is 0 Å². The highest BCUT2D eigenvalue weighted by Gasteiger charge is 2.11. The third-order valence-corrected chi connectivity index (χ3v) is 3.18. The molecule has 0 aromatic heterocycles. The molecule has 0 heterocycles. The number of esters is 1. The number of nitrogens with zero attached hydrogens (tertiary/aromatic N) is 2. The number of carbonyl (C=O) groups excluding carboxylic acids is 1. The summed E-state index contributed by atoms with van der Waals surface area (Å²) in [5.41, 5.74) is 18.7. The molecule has 0 saturated heterocycles. The molecule has 25 heavy (non-hydrogen) atoms. The molecule has 0 unspecified atom stereocenters. The van der Waals surface area contributed by atoms with Gasteiger partial charge in [0.2, 0.25) is 5.96 Å². The maximum atomic E-state index is 12.1. The first-order valence-corrected chi connectivity index (χ1v) is 7.39. The number of aliphatic imine (C=N–C) groups is 2. The number of guanidine groups is 2. The van der Waals surface area contributed by atoms with Gasteiger partial charge in [-0.25, -0.2) is 9.79 Å². The third kappa shape index (κ3) is 5.21. The maximum Gasteiger partial charge on any atom is 0.338 e. The zero-order valence-electron chi connectivity index (χ0n) is 13.7. The van der Waals surface area contributed by atoms with Gasteiger partial charge in [0.05, 0.1) is 18.4 Å². The second-order valence-corrected chi connectivity index (χ2v) is 5.01. The molecule has 2 rings (SSSR count). The molecule has 0 atom stereocenters. The van der Waals surface area contributed by atoms with Gasteiger partial charge < -0.3 is 21.9 Å². The summed E-state index contributed by atoms with van der Waals surface area (Å²) in [5.74, 6) is -0.612. The van der Waals surface area contributed by atoms with Gasteiger partial charge in [-0.15, -0.1) is 0 Å². The minimum absolute atomic E-state index is 0.0390. The lowest BCUT2D eigenvalue weighted by atomic mass is 10.0. The Morgan fingerprint density at radius 1 is 1.00 bits per heavy atom. The van der Waals surface area contributed by atoms with Crippen molar-refractivity contribution in [3.63, 3.8) is 0 Å². The van der Waals surface area contributed by atoms with Gasteiger partial charge in [0, 0.05) is 0 Å². The Kier molecular flexibility index (Phi) is 5.89. The van der Waals surface area contributed by atoms with E-state index < -0.39 is 5.97 Å². The van der Waals surface area contributed by atoms with E-state index in [4.69, 9.17) is 21.9 Å². The smallest absolute Gasteiger partial charge is 0.338 e. The second-order valence-electron chi connectivity index (χ2n) is 5.01. The molecule has 0 radical (unpaired) electrons. The fraction of sp³-hybridized carbons (Fsp3) is 0.0556. The van der Waals surface area contributed by atoms with Gasteiger partial charge in [0.15, 0.2) is 5.96 Å². The summed E-state index contributed by atoms with van der Waals surface area (Å²) in [5, 5.41) is 0. The topological polar surface area (TPSA) is 129 Å². The van der Waals surface area contributed by atoms with Gasteiger partial charge in [0.1, 0.15) is 0 Å². The average Bonchev–Trinajstić information content (AvgIpc) is 2.60. The zero-order valence-corrected chi connectivity index (χ0v) is 13.7. The van der Waals surface area contributed by atoms with Crippen molar-refractivity contribution in [2.24, 2.45) is 27.2 Å². The van der Waals surface area contributed by atoms with Gasteiger partial charge in [-0.05, 0) is 29.3 Å². The van der Waals surface area contributed by atoms with Crippen LogP contribution in [0.5, 0.6) is 0 Å². The number of hydrogen-bond acceptors (Lipinski definition) is 3. The quantitative estimate of drug-likeness (QED) is 0.257. The van der Waals surface area contributed by atoms with E-state index >= 15 is 0 Å². The van der Waals surface area contributed by atoms with E-state index in [9.17, 15) is 4.79 Å². The molecular formula is C18H19N5O2. The van der Waals surface area contributed by atoms with Crippen LogP contribution in [0.2, 0.25) is 0 Å². The molecule has 0 aliphatic rings. The average molecular weight is 337 g/mol. The van der Waals surface area contributed by atoms with Crippen molar-refractivity contribution in [3.05, 3.63) is 65.7 Å². The fourth-order valence-electron chi connectivity index (χ4n) is 2.09. The molecule has 0 saturated carbocycles. The number of ether oxygens (including phenoxy) is 1. The van der Waals surface area contributed by atoms with Gasteiger partial charge in [0.25, 0.3) is 0 Å². The molecule has 0 bridgehead atoms. The van der Waals surface area contributed by atoms with E-state index in [0.29, 0.717) is 11.3 Å². The SMILES string of the molecule is COC(=O)C(=Cc1ccc(N=C(N)N=C(N)N)cc1)c1ccccc1. The zero-order chi connectivity index (χ0) is 18.2. The third-order valence-electron chi connectivity index (χ3n) is 3.18. The van der Waals surface area contributed by atoms with Crippen LogP contribution in [0.25, 0.3) is 11.6 Å². The summed E-state index contributed by atoms with van der Waals surface area (Å²) in [6.07, 6.45) is 1.74. The van der Waals surface area contributed by atoms with Crippen molar-refractivity contribution < 1.29 is 9.53 Å². The minimum Gasteiger partial charge on any atom is -0.465 e. The van der Waals surface area contributed by atoms with Crippen LogP contribution in [0.4, 0.5) is 5.69 Å². The van der Waals surface area contributed by atoms with Crippen LogP contribution in [0.1, 0.15) is 11.1 Å². The van der Waals surface area contributed by atoms with E-state index in [1.54, 1.807) is 30.3 Å². The van der Waals surface area contributed by atoms with Crippen molar-refractivity contribution in [1.29, 1.82) is 0 Å². The molecule has 0 fully saturated rings. The molecule has 0 aliphatic carbocycles. The van der Waals surface area contributed by atoms with E-state index in [0.717, 1.165) is 11.1 Å². The maximum absolute atomic E-state index is 12.1. The van der Waals surface area contributed by atoms with Crippen LogP contribution >= 0.6 is 0 Å². The lowest BCUT2D eigenvalue weighted by Crippen LogP contribution is -2.26. The highest BCUT2D eigenvalue weighted by molar-refractivity contribution is 6.21. The van der Waals surface area contributed by atoms with Crippen LogP contribution in [0.15, 0.2) is 64.6 Å². The first kappa shape index (κ1) is 17.7. The Labute approximate surface area is 145 Å². The standard InChI is InChI=1S/C18H19N5O2/c1-25-16(24)15(13-5-3-2-4-6-13)11-12-7-9-14(10-8-12)22-18(21)23-17(19)20/h2-11H,1H3,(H6,19,20,21,22,23). The van der Waals surface area contributed by atoms with E-state index in [1.807, 2.05) is 30.3 Å². The monoisotopic (exact) mass is 337 g/mol. The Bertz CT molecular complexity index is 820. The summed E-state index contributed by atoms with van der Waals surface area (Å²) in [6.45, 7) is 0. The number of hydrogen-bond donors (Lipinski definition) is 3. The first-order valence-electron chi connectivity index (χ1n) is 7.39. The normalized spacial score (nSPS) is 11.7. The summed E-state index contributed by atoms with van der Waals surface area (Å²) < 4.78 is 4.87. The molecular weight excluding hydrogens is 318 g/mol. The van der Waals surface area contributed by atoms with Gasteiger partial charge in [-0.3, -0.25) is 0 Å². The molecule has 7 heteroatoms. The Morgan fingerprint density at radius 3 is 2.20 bits per heavy atom. The summed E-state index contributed by atoms with van der Waals surface area (Å²) >= 11 is 0. The van der Waals surface area contributed by atoms with Crippen molar-refractivity contribution in [1.82, 2.24) is 0 Å². The van der Waals surface area contributed by atoms with Gasteiger partial charge in [-0.1, -0.05) is 42.5 Å². The Morgan fingerprint density at radius 2 is 1.64 bits per heavy atom. The molecule has 6 N–H and O–H groups in total. The Balaban J connectivity index is 2.32.